The number of allylic oxidation sites excluding steroid dienone is 33. The zero-order chi connectivity index (χ0) is 77.4. The van der Waals surface area contributed by atoms with E-state index in [-0.39, 0.29) is 25.7 Å². The Balaban J connectivity index is 5.52. The second-order valence-electron chi connectivity index (χ2n) is 25.1. The number of ether oxygens (including phenoxy) is 4. The van der Waals surface area contributed by atoms with E-state index in [9.17, 15) is 43.2 Å². The number of carbonyl (C=O) groups excluding carboxylic acids is 4. The maximum Gasteiger partial charge on any atom is 0.472 e. The number of hydrogen-bond donors (Lipinski definition) is 3. The minimum absolute atomic E-state index is 0.0287. The van der Waals surface area contributed by atoms with E-state index in [1.54, 1.807) is 12.2 Å². The molecule has 0 radical (unpaired) electrons. The summed E-state index contributed by atoms with van der Waals surface area (Å²) in [6.45, 7) is 4.17. The second-order valence-corrected chi connectivity index (χ2v) is 28.0. The molecule has 5 unspecified atom stereocenters. The van der Waals surface area contributed by atoms with Gasteiger partial charge in [-0.2, -0.15) is 0 Å². The first-order chi connectivity index (χ1) is 51.7. The molecule has 0 aromatic heterocycles. The van der Waals surface area contributed by atoms with Crippen molar-refractivity contribution in [2.45, 2.75) is 277 Å². The van der Waals surface area contributed by atoms with Crippen LogP contribution in [0.4, 0.5) is 0 Å². The average molecular weight is 1520 g/mol. The third-order valence-electron chi connectivity index (χ3n) is 15.3. The van der Waals surface area contributed by atoms with Crippen molar-refractivity contribution in [1.82, 2.24) is 0 Å². The molecule has 0 heterocycles. The third-order valence-corrected chi connectivity index (χ3v) is 17.2. The molecule has 0 fully saturated rings. The number of phosphoric acid groups is 2. The molecule has 5 atom stereocenters. The van der Waals surface area contributed by atoms with Crippen molar-refractivity contribution in [2.24, 2.45) is 0 Å². The Kier molecular flexibility index (Phi) is 72.2. The first-order valence-corrected chi connectivity index (χ1v) is 42.3. The van der Waals surface area contributed by atoms with Gasteiger partial charge >= 0.3 is 39.5 Å². The predicted molar refractivity (Wildman–Crippen MR) is 435 cm³/mol. The summed E-state index contributed by atoms with van der Waals surface area (Å²) in [6, 6.07) is 0. The Morgan fingerprint density at radius 2 is 0.500 bits per heavy atom. The molecule has 19 heteroatoms. The van der Waals surface area contributed by atoms with Crippen LogP contribution in [0, 0.1) is 0 Å². The van der Waals surface area contributed by atoms with Gasteiger partial charge in [-0.15, -0.1) is 0 Å². The highest BCUT2D eigenvalue weighted by Gasteiger charge is 2.30. The van der Waals surface area contributed by atoms with E-state index < -0.39 is 97.5 Å². The molecule has 17 nitrogen and oxygen atoms in total. The maximum atomic E-state index is 13.1. The largest absolute Gasteiger partial charge is 0.472 e. The monoisotopic (exact) mass is 1510 g/mol. The van der Waals surface area contributed by atoms with Gasteiger partial charge in [0.15, 0.2) is 12.2 Å². The molecule has 0 aliphatic rings. The van der Waals surface area contributed by atoms with Crippen molar-refractivity contribution < 1.29 is 80.2 Å². The Bertz CT molecular complexity index is 2830. The molecule has 3 N–H and O–H groups in total. The lowest BCUT2D eigenvalue weighted by Gasteiger charge is -2.21. The van der Waals surface area contributed by atoms with E-state index in [1.165, 1.54) is 0 Å². The number of hydrogen-bond acceptors (Lipinski definition) is 15. The van der Waals surface area contributed by atoms with Crippen LogP contribution in [0.5, 0.6) is 0 Å². The highest BCUT2D eigenvalue weighted by Crippen LogP contribution is 2.45. The first-order valence-electron chi connectivity index (χ1n) is 39.3. The van der Waals surface area contributed by atoms with Crippen molar-refractivity contribution in [1.29, 1.82) is 0 Å². The molecule has 0 aromatic carbocycles. The molecule has 0 spiro atoms. The summed E-state index contributed by atoms with van der Waals surface area (Å²) < 4.78 is 68.4. The Morgan fingerprint density at radius 1 is 0.274 bits per heavy atom. The lowest BCUT2D eigenvalue weighted by Crippen LogP contribution is -2.30. The van der Waals surface area contributed by atoms with Gasteiger partial charge in [0, 0.05) is 19.3 Å². The van der Waals surface area contributed by atoms with Crippen LogP contribution in [-0.2, 0) is 65.4 Å². The van der Waals surface area contributed by atoms with Gasteiger partial charge in [0.25, 0.3) is 0 Å². The van der Waals surface area contributed by atoms with Crippen molar-refractivity contribution >= 4 is 39.5 Å². The second kappa shape index (κ2) is 76.8. The Hall–Kier alpha value is -6.36. The summed E-state index contributed by atoms with van der Waals surface area (Å²) in [5.74, 6) is -2.45. The van der Waals surface area contributed by atoms with Crippen LogP contribution >= 0.6 is 15.6 Å². The Morgan fingerprint density at radius 3 is 0.821 bits per heavy atom. The number of carbonyl (C=O) groups is 4. The van der Waals surface area contributed by atoms with Crippen LogP contribution in [0.1, 0.15) is 259 Å². The fourth-order valence-corrected chi connectivity index (χ4v) is 11.0. The molecular formula is C87H136O17P2. The topological polar surface area (TPSA) is 237 Å². The van der Waals surface area contributed by atoms with Crippen molar-refractivity contribution in [3.63, 3.8) is 0 Å². The number of rotatable bonds is 71. The van der Waals surface area contributed by atoms with Gasteiger partial charge in [0.05, 0.1) is 32.8 Å². The zero-order valence-electron chi connectivity index (χ0n) is 65.0. The number of phosphoric ester groups is 2. The van der Waals surface area contributed by atoms with Gasteiger partial charge in [0.1, 0.15) is 19.3 Å². The number of aliphatic hydroxyl groups excluding tert-OH is 1. The minimum Gasteiger partial charge on any atom is -0.462 e. The summed E-state index contributed by atoms with van der Waals surface area (Å²) in [5, 5.41) is 10.6. The van der Waals surface area contributed by atoms with Gasteiger partial charge < -0.3 is 33.8 Å². The molecule has 0 aliphatic heterocycles. The lowest BCUT2D eigenvalue weighted by atomic mass is 10.1. The fraction of sp³-hybridized carbons (Fsp3) is 0.563. The quantitative estimate of drug-likeness (QED) is 0.0169. The number of aliphatic hydroxyl groups is 1. The molecule has 596 valence electrons. The van der Waals surface area contributed by atoms with Gasteiger partial charge in [-0.3, -0.25) is 37.3 Å². The van der Waals surface area contributed by atoms with Crippen LogP contribution < -0.4 is 0 Å². The summed E-state index contributed by atoms with van der Waals surface area (Å²) in [4.78, 5) is 73.0. The molecule has 0 saturated heterocycles. The van der Waals surface area contributed by atoms with E-state index in [1.807, 2.05) is 12.2 Å². The molecule has 0 saturated carbocycles. The maximum absolute atomic E-state index is 13.1. The molecule has 0 aromatic rings. The van der Waals surface area contributed by atoms with E-state index in [0.29, 0.717) is 32.1 Å². The van der Waals surface area contributed by atoms with Crippen molar-refractivity contribution in [2.75, 3.05) is 39.6 Å². The fourth-order valence-electron chi connectivity index (χ4n) is 9.44. The van der Waals surface area contributed by atoms with E-state index in [2.05, 4.69) is 210 Å². The molecule has 0 amide bonds. The standard InChI is InChI=1S/C87H136O17P2/c1-5-9-13-17-21-25-29-33-37-39-40-42-46-48-52-56-60-64-68-72-85(90)98-78-83(104-87(92)74-70-66-62-58-54-50-44-36-32-28-24-20-16-12-8-4)80-102-106(95,96)100-76-81(88)75-99-105(93,94)101-79-82(103-86(91)73-69-65-61-57-53-49-43-35-31-27-23-19-15-11-7-3)77-97-84(89)71-67-63-59-55-51-47-45-41-38-34-30-26-22-18-14-10-6-2/h9-16,21-28,33-38,40,42-44,48,52-54,57-58,66,70,81-83,88H,5-8,17-20,29-32,39,41,45-47,49-51,55-56,59-65,67-69,71-80H2,1-4H3,(H,93,94)(H,95,96)/b13-9-,14-10-,15-11-,16-12-,25-21-,26-22-,27-23-,28-24-,37-33-,38-34-,42-40-,43-35-,44-36-,52-48-,57-53-,58-54-,70-66-. The average Bonchev–Trinajstić information content (AvgIpc) is 0.909. The molecule has 0 aliphatic carbocycles. The van der Waals surface area contributed by atoms with Gasteiger partial charge in [-0.25, -0.2) is 9.13 Å². The molecule has 0 rings (SSSR count). The van der Waals surface area contributed by atoms with Crippen LogP contribution in [-0.4, -0.2) is 96.7 Å². The minimum atomic E-state index is -5.03. The van der Waals surface area contributed by atoms with Crippen LogP contribution in [0.2, 0.25) is 0 Å². The van der Waals surface area contributed by atoms with Crippen LogP contribution in [0.25, 0.3) is 0 Å². The van der Waals surface area contributed by atoms with E-state index in [0.717, 1.165) is 173 Å². The van der Waals surface area contributed by atoms with E-state index >= 15 is 0 Å². The molecule has 106 heavy (non-hydrogen) atoms. The van der Waals surface area contributed by atoms with Crippen LogP contribution in [0.3, 0.4) is 0 Å². The lowest BCUT2D eigenvalue weighted by molar-refractivity contribution is -0.161. The zero-order valence-corrected chi connectivity index (χ0v) is 66.8. The highest BCUT2D eigenvalue weighted by atomic mass is 31.2. The van der Waals surface area contributed by atoms with Gasteiger partial charge in [-0.1, -0.05) is 273 Å². The highest BCUT2D eigenvalue weighted by molar-refractivity contribution is 7.47. The third kappa shape index (κ3) is 75.9. The Labute approximate surface area is 639 Å². The van der Waals surface area contributed by atoms with Crippen molar-refractivity contribution in [3.05, 3.63) is 207 Å². The summed E-state index contributed by atoms with van der Waals surface area (Å²) in [5.41, 5.74) is 0. The van der Waals surface area contributed by atoms with Crippen molar-refractivity contribution in [3.8, 4) is 0 Å². The summed E-state index contributed by atoms with van der Waals surface area (Å²) in [6.07, 6.45) is 95.6. The normalized spacial score (nSPS) is 15.0. The predicted octanol–water partition coefficient (Wildman–Crippen LogP) is 23.1. The summed E-state index contributed by atoms with van der Waals surface area (Å²) >= 11 is 0. The summed E-state index contributed by atoms with van der Waals surface area (Å²) in [7, 11) is -10.0. The number of unbranched alkanes of at least 4 members (excludes halogenated alkanes) is 12. The van der Waals surface area contributed by atoms with E-state index in [4.69, 9.17) is 37.0 Å². The SMILES string of the molecule is CC/C=C\C/C=C\C/C=C\C/C=C\C/C=C\CCCCCC(=O)OCC(COP(=O)(O)OCC(O)COP(=O)(O)OCC(COC(=O)CCCCCCCCC/C=C\C/C=C\C/C=C\CC)OC(=O)CCCC/C=C\C/C=C\C/C=C\C/C=C\CC)OC(=O)C/C=C\C/C=C\C/C=C\C/C=C\C/C=C\CC. The molecule has 0 bridgehead atoms. The number of esters is 4. The first kappa shape index (κ1) is 99.6. The van der Waals surface area contributed by atoms with Gasteiger partial charge in [-0.05, 0) is 167 Å². The molecular weight excluding hydrogens is 1380 g/mol. The van der Waals surface area contributed by atoms with Gasteiger partial charge in [0.2, 0.25) is 0 Å². The smallest absolute Gasteiger partial charge is 0.462 e. The van der Waals surface area contributed by atoms with Crippen LogP contribution in [0.15, 0.2) is 207 Å².